The number of rotatable bonds is 2. The van der Waals surface area contributed by atoms with Crippen molar-refractivity contribution >= 4 is 16.9 Å². The van der Waals surface area contributed by atoms with Crippen LogP contribution in [-0.4, -0.2) is 21.6 Å². The van der Waals surface area contributed by atoms with Crippen molar-refractivity contribution in [1.29, 1.82) is 0 Å². The molecular formula is C14H14N4O. The van der Waals surface area contributed by atoms with Crippen molar-refractivity contribution in [3.8, 4) is 17.1 Å². The Morgan fingerprint density at radius 1 is 1.26 bits per heavy atom. The van der Waals surface area contributed by atoms with E-state index in [1.54, 1.807) is 13.3 Å². The van der Waals surface area contributed by atoms with Crippen molar-refractivity contribution < 1.29 is 4.74 Å². The van der Waals surface area contributed by atoms with E-state index >= 15 is 0 Å². The summed E-state index contributed by atoms with van der Waals surface area (Å²) in [6.45, 7) is 0. The van der Waals surface area contributed by atoms with Gasteiger partial charge in [-0.15, -0.1) is 0 Å². The second kappa shape index (κ2) is 4.28. The third kappa shape index (κ3) is 1.79. The fourth-order valence-electron chi connectivity index (χ4n) is 2.12. The maximum Gasteiger partial charge on any atom is 0.178 e. The van der Waals surface area contributed by atoms with E-state index in [0.717, 1.165) is 22.7 Å². The first-order valence-electron chi connectivity index (χ1n) is 5.92. The Balaban J connectivity index is 2.27. The monoisotopic (exact) mass is 254 g/mol. The van der Waals surface area contributed by atoms with E-state index in [1.165, 1.54) is 0 Å². The molecule has 0 aliphatic heterocycles. The molecule has 3 aromatic rings. The Morgan fingerprint density at radius 3 is 2.84 bits per heavy atom. The average Bonchev–Trinajstić information content (AvgIpc) is 2.77. The molecule has 19 heavy (non-hydrogen) atoms. The summed E-state index contributed by atoms with van der Waals surface area (Å²) >= 11 is 0. The zero-order valence-electron chi connectivity index (χ0n) is 10.8. The summed E-state index contributed by atoms with van der Waals surface area (Å²) in [7, 11) is 3.58. The molecule has 0 saturated carbocycles. The number of hydrogen-bond acceptors (Lipinski definition) is 4. The molecule has 0 fully saturated rings. The van der Waals surface area contributed by atoms with Crippen LogP contribution in [0.3, 0.4) is 0 Å². The molecule has 5 nitrogen and oxygen atoms in total. The molecule has 0 aliphatic rings. The maximum atomic E-state index is 6.04. The number of benzene rings is 1. The molecule has 5 heteroatoms. The van der Waals surface area contributed by atoms with E-state index < -0.39 is 0 Å². The van der Waals surface area contributed by atoms with E-state index in [1.807, 2.05) is 41.9 Å². The van der Waals surface area contributed by atoms with E-state index in [9.17, 15) is 0 Å². The fraction of sp³-hybridized carbons (Fsp3) is 0.143. The van der Waals surface area contributed by atoms with Gasteiger partial charge in [0, 0.05) is 24.5 Å². The molecule has 0 aliphatic carbocycles. The molecule has 0 atom stereocenters. The number of anilines is 1. The lowest BCUT2D eigenvalue weighted by Gasteiger charge is -2.08. The Hall–Kier alpha value is -2.56. The second-order valence-electron chi connectivity index (χ2n) is 4.29. The Kier molecular flexibility index (Phi) is 2.59. The van der Waals surface area contributed by atoms with Gasteiger partial charge in [0.25, 0.3) is 0 Å². The number of ether oxygens (including phenoxy) is 1. The number of aromatic nitrogens is 3. The Labute approximate surface area is 110 Å². The van der Waals surface area contributed by atoms with Gasteiger partial charge < -0.3 is 15.0 Å². The number of nitrogens with two attached hydrogens (primary N) is 1. The normalized spacial score (nSPS) is 10.8. The minimum absolute atomic E-state index is 0.666. The predicted molar refractivity (Wildman–Crippen MR) is 74.9 cm³/mol. The number of methoxy groups -OCH3 is 1. The van der Waals surface area contributed by atoms with Gasteiger partial charge in [-0.25, -0.2) is 9.97 Å². The minimum atomic E-state index is 0.666. The molecule has 2 N–H and O–H groups in total. The molecule has 0 unspecified atom stereocenters. The lowest BCUT2D eigenvalue weighted by molar-refractivity contribution is 0.415. The van der Waals surface area contributed by atoms with Gasteiger partial charge in [0.15, 0.2) is 5.65 Å². The van der Waals surface area contributed by atoms with Crippen molar-refractivity contribution in [2.45, 2.75) is 0 Å². The number of nitrogens with zero attached hydrogens (tertiary/aromatic N) is 3. The van der Waals surface area contributed by atoms with Gasteiger partial charge >= 0.3 is 0 Å². The summed E-state index contributed by atoms with van der Waals surface area (Å²) < 4.78 is 7.22. The molecule has 2 aromatic heterocycles. The number of pyridine rings is 1. The first-order chi connectivity index (χ1) is 9.20. The highest BCUT2D eigenvalue weighted by Crippen LogP contribution is 2.30. The third-order valence-corrected chi connectivity index (χ3v) is 3.16. The quantitative estimate of drug-likeness (QED) is 0.712. The van der Waals surface area contributed by atoms with Gasteiger partial charge in [-0.2, -0.15) is 0 Å². The van der Waals surface area contributed by atoms with Crippen LogP contribution in [-0.2, 0) is 7.05 Å². The maximum absolute atomic E-state index is 6.04. The van der Waals surface area contributed by atoms with Gasteiger partial charge in [0.2, 0.25) is 0 Å². The summed E-state index contributed by atoms with van der Waals surface area (Å²) in [5, 5.41) is 0. The topological polar surface area (TPSA) is 66.0 Å². The Bertz CT molecular complexity index is 748. The van der Waals surface area contributed by atoms with E-state index in [-0.39, 0.29) is 0 Å². The standard InChI is InChI=1S/C14H14N4O/c1-18-12-4-3-7-16-13(12)17-14(18)10-8-9(19-2)5-6-11(10)15/h3-8H,15H2,1-2H3. The van der Waals surface area contributed by atoms with Gasteiger partial charge in [-0.05, 0) is 30.3 Å². The number of fused-ring (bicyclic) bond motifs is 1. The largest absolute Gasteiger partial charge is 0.497 e. The van der Waals surface area contributed by atoms with Crippen LogP contribution in [0, 0.1) is 0 Å². The zero-order chi connectivity index (χ0) is 13.4. The Morgan fingerprint density at radius 2 is 2.11 bits per heavy atom. The molecular weight excluding hydrogens is 240 g/mol. The highest BCUT2D eigenvalue weighted by atomic mass is 16.5. The summed E-state index contributed by atoms with van der Waals surface area (Å²) in [6, 6.07) is 9.41. The molecule has 3 rings (SSSR count). The SMILES string of the molecule is COc1ccc(N)c(-c2nc3ncccc3n2C)c1. The van der Waals surface area contributed by atoms with Crippen LogP contribution < -0.4 is 10.5 Å². The van der Waals surface area contributed by atoms with E-state index in [0.29, 0.717) is 11.3 Å². The number of imidazole rings is 1. The van der Waals surface area contributed by atoms with Crippen LogP contribution >= 0.6 is 0 Å². The smallest absolute Gasteiger partial charge is 0.178 e. The van der Waals surface area contributed by atoms with Crippen LogP contribution in [0.25, 0.3) is 22.6 Å². The first kappa shape index (κ1) is 11.5. The first-order valence-corrected chi connectivity index (χ1v) is 5.92. The van der Waals surface area contributed by atoms with Crippen molar-refractivity contribution in [2.75, 3.05) is 12.8 Å². The van der Waals surface area contributed by atoms with Crippen molar-refractivity contribution in [3.63, 3.8) is 0 Å². The fourth-order valence-corrected chi connectivity index (χ4v) is 2.12. The zero-order valence-corrected chi connectivity index (χ0v) is 10.8. The molecule has 0 amide bonds. The summed E-state index contributed by atoms with van der Waals surface area (Å²) in [5.74, 6) is 1.54. The number of nitrogen functional groups attached to an aromatic ring is 1. The third-order valence-electron chi connectivity index (χ3n) is 3.16. The molecule has 96 valence electrons. The molecule has 0 bridgehead atoms. The van der Waals surface area contributed by atoms with Gasteiger partial charge in [-0.1, -0.05) is 0 Å². The van der Waals surface area contributed by atoms with Crippen LogP contribution in [0.15, 0.2) is 36.5 Å². The van der Waals surface area contributed by atoms with Crippen LogP contribution in [0.1, 0.15) is 0 Å². The summed E-state index contributed by atoms with van der Waals surface area (Å²) in [5.41, 5.74) is 9.23. The van der Waals surface area contributed by atoms with Crippen LogP contribution in [0.2, 0.25) is 0 Å². The summed E-state index contributed by atoms with van der Waals surface area (Å²) in [6.07, 6.45) is 1.73. The van der Waals surface area contributed by atoms with Gasteiger partial charge in [0.1, 0.15) is 11.6 Å². The van der Waals surface area contributed by atoms with Crippen molar-refractivity contribution in [1.82, 2.24) is 14.5 Å². The van der Waals surface area contributed by atoms with Gasteiger partial charge in [-0.3, -0.25) is 0 Å². The minimum Gasteiger partial charge on any atom is -0.497 e. The van der Waals surface area contributed by atoms with E-state index in [2.05, 4.69) is 9.97 Å². The highest BCUT2D eigenvalue weighted by Gasteiger charge is 2.13. The number of aryl methyl sites for hydroxylation is 1. The highest BCUT2D eigenvalue weighted by molar-refractivity contribution is 5.81. The molecule has 0 radical (unpaired) electrons. The van der Waals surface area contributed by atoms with Crippen molar-refractivity contribution in [3.05, 3.63) is 36.5 Å². The number of hydrogen-bond donors (Lipinski definition) is 1. The predicted octanol–water partition coefficient (Wildman–Crippen LogP) is 2.23. The lowest BCUT2D eigenvalue weighted by atomic mass is 10.1. The molecule has 2 heterocycles. The average molecular weight is 254 g/mol. The molecule has 0 spiro atoms. The summed E-state index contributed by atoms with van der Waals surface area (Å²) in [4.78, 5) is 8.79. The van der Waals surface area contributed by atoms with Crippen molar-refractivity contribution in [2.24, 2.45) is 7.05 Å². The van der Waals surface area contributed by atoms with Crippen LogP contribution in [0.4, 0.5) is 5.69 Å². The van der Waals surface area contributed by atoms with E-state index in [4.69, 9.17) is 10.5 Å². The molecule has 0 saturated heterocycles. The lowest BCUT2D eigenvalue weighted by Crippen LogP contribution is -1.97. The molecule has 1 aromatic carbocycles. The second-order valence-corrected chi connectivity index (χ2v) is 4.29. The van der Waals surface area contributed by atoms with Gasteiger partial charge in [0.05, 0.1) is 12.6 Å². The van der Waals surface area contributed by atoms with Crippen LogP contribution in [0.5, 0.6) is 5.75 Å².